The van der Waals surface area contributed by atoms with Gasteiger partial charge in [-0.1, -0.05) is 0 Å². The summed E-state index contributed by atoms with van der Waals surface area (Å²) in [5.74, 6) is 0.828. The van der Waals surface area contributed by atoms with Crippen LogP contribution in [0.1, 0.15) is 41.0 Å². The van der Waals surface area contributed by atoms with Crippen molar-refractivity contribution in [2.24, 2.45) is 0 Å². The largest absolute Gasteiger partial charge is 0.389 e. The van der Waals surface area contributed by atoms with Crippen molar-refractivity contribution in [1.29, 1.82) is 0 Å². The molecule has 0 fully saturated rings. The van der Waals surface area contributed by atoms with Crippen LogP contribution in [-0.2, 0) is 6.54 Å². The van der Waals surface area contributed by atoms with Gasteiger partial charge in [-0.05, 0) is 48.1 Å². The summed E-state index contributed by atoms with van der Waals surface area (Å²) in [5.41, 5.74) is 6.49. The first-order chi connectivity index (χ1) is 11.5. The fraction of sp³-hybridized carbons (Fsp3) is 0.706. The van der Waals surface area contributed by atoms with Crippen LogP contribution in [0.4, 0.5) is 11.8 Å². The average Bonchev–Trinajstić information content (AvgIpc) is 2.84. The molecule has 25 heavy (non-hydrogen) atoms. The second kappa shape index (κ2) is 7.13. The molecule has 0 saturated heterocycles. The molecule has 0 radical (unpaired) electrons. The molecule has 2 heterocycles. The van der Waals surface area contributed by atoms with Gasteiger partial charge in [0.25, 0.3) is 0 Å². The Hall–Kier alpha value is -1.93. The van der Waals surface area contributed by atoms with E-state index in [4.69, 9.17) is 5.73 Å². The topological polar surface area (TPSA) is 105 Å². The van der Waals surface area contributed by atoms with Crippen LogP contribution in [0.3, 0.4) is 0 Å². The van der Waals surface area contributed by atoms with Crippen molar-refractivity contribution in [3.63, 3.8) is 0 Å². The number of hydrogen-bond donors (Lipinski definition) is 3. The number of imidazole rings is 1. The van der Waals surface area contributed by atoms with Crippen LogP contribution < -0.4 is 11.1 Å². The second-order valence-corrected chi connectivity index (χ2v) is 8.16. The first kappa shape index (κ1) is 19.4. The molecule has 8 heteroatoms. The molecular formula is C17H31N7O. The van der Waals surface area contributed by atoms with Gasteiger partial charge in [-0.15, -0.1) is 0 Å². The van der Waals surface area contributed by atoms with Crippen LogP contribution >= 0.6 is 0 Å². The van der Waals surface area contributed by atoms with Crippen molar-refractivity contribution in [1.82, 2.24) is 24.4 Å². The third kappa shape index (κ3) is 5.27. The summed E-state index contributed by atoms with van der Waals surface area (Å²) in [6, 6.07) is 0. The van der Waals surface area contributed by atoms with Gasteiger partial charge in [0, 0.05) is 18.6 Å². The van der Waals surface area contributed by atoms with Gasteiger partial charge in [-0.2, -0.15) is 9.97 Å². The van der Waals surface area contributed by atoms with Crippen LogP contribution in [0.2, 0.25) is 0 Å². The highest BCUT2D eigenvalue weighted by Gasteiger charge is 2.18. The highest BCUT2D eigenvalue weighted by atomic mass is 16.3. The number of fused-ring (bicyclic) bond motifs is 1. The number of rotatable bonds is 7. The van der Waals surface area contributed by atoms with E-state index in [0.717, 1.165) is 19.5 Å². The summed E-state index contributed by atoms with van der Waals surface area (Å²) in [5, 5.41) is 13.3. The van der Waals surface area contributed by atoms with Crippen molar-refractivity contribution in [3.05, 3.63) is 6.33 Å². The zero-order valence-corrected chi connectivity index (χ0v) is 16.2. The molecule has 140 valence electrons. The van der Waals surface area contributed by atoms with Crippen molar-refractivity contribution in [2.75, 3.05) is 31.2 Å². The Kier molecular flexibility index (Phi) is 5.53. The van der Waals surface area contributed by atoms with Gasteiger partial charge in [0.15, 0.2) is 11.5 Å². The lowest BCUT2D eigenvalue weighted by molar-refractivity contribution is 0.0625. The van der Waals surface area contributed by atoms with Crippen LogP contribution in [-0.4, -0.2) is 60.8 Å². The number of nitrogens with one attached hydrogen (secondary N) is 1. The number of nitrogen functional groups attached to an aromatic ring is 1. The van der Waals surface area contributed by atoms with E-state index in [1.54, 1.807) is 24.7 Å². The van der Waals surface area contributed by atoms with Crippen LogP contribution in [0.25, 0.3) is 11.2 Å². The first-order valence-corrected chi connectivity index (χ1v) is 8.63. The van der Waals surface area contributed by atoms with E-state index in [2.05, 4.69) is 53.0 Å². The number of aliphatic hydroxyl groups is 1. The zero-order chi connectivity index (χ0) is 18.8. The van der Waals surface area contributed by atoms with E-state index in [0.29, 0.717) is 29.5 Å². The van der Waals surface area contributed by atoms with E-state index in [1.807, 2.05) is 0 Å². The van der Waals surface area contributed by atoms with Crippen molar-refractivity contribution in [3.8, 4) is 0 Å². The Bertz CT molecular complexity index is 712. The number of aromatic nitrogens is 4. The molecule has 2 rings (SSSR count). The molecule has 8 nitrogen and oxygen atoms in total. The predicted molar refractivity (Wildman–Crippen MR) is 102 cm³/mol. The van der Waals surface area contributed by atoms with Crippen molar-refractivity contribution >= 4 is 22.9 Å². The van der Waals surface area contributed by atoms with Gasteiger partial charge in [0.1, 0.15) is 5.52 Å². The first-order valence-electron chi connectivity index (χ1n) is 8.63. The van der Waals surface area contributed by atoms with Gasteiger partial charge >= 0.3 is 0 Å². The minimum absolute atomic E-state index is 0.156. The molecule has 2 aromatic rings. The van der Waals surface area contributed by atoms with E-state index in [-0.39, 0.29) is 5.54 Å². The fourth-order valence-corrected chi connectivity index (χ4v) is 2.43. The van der Waals surface area contributed by atoms with Crippen LogP contribution in [0.5, 0.6) is 0 Å². The maximum absolute atomic E-state index is 10.0. The normalized spacial score (nSPS) is 13.0. The lowest BCUT2D eigenvalue weighted by Crippen LogP contribution is -2.39. The molecular weight excluding hydrogens is 318 g/mol. The number of hydrogen-bond acceptors (Lipinski definition) is 7. The van der Waals surface area contributed by atoms with E-state index < -0.39 is 5.60 Å². The summed E-state index contributed by atoms with van der Waals surface area (Å²) in [4.78, 5) is 15.4. The summed E-state index contributed by atoms with van der Waals surface area (Å²) in [6.45, 7) is 12.2. The smallest absolute Gasteiger partial charge is 0.226 e. The van der Waals surface area contributed by atoms with Gasteiger partial charge in [0.2, 0.25) is 5.95 Å². The Morgan fingerprint density at radius 1 is 1.24 bits per heavy atom. The molecule has 0 saturated carbocycles. The van der Waals surface area contributed by atoms with Crippen LogP contribution in [0, 0.1) is 0 Å². The van der Waals surface area contributed by atoms with E-state index in [1.165, 1.54) is 0 Å². The van der Waals surface area contributed by atoms with Gasteiger partial charge < -0.3 is 25.6 Å². The molecule has 0 amide bonds. The number of nitrogens with two attached hydrogens (primary N) is 1. The van der Waals surface area contributed by atoms with Gasteiger partial charge in [-0.3, -0.25) is 0 Å². The van der Waals surface area contributed by atoms with Crippen molar-refractivity contribution < 1.29 is 5.11 Å². The third-order valence-electron chi connectivity index (χ3n) is 4.15. The van der Waals surface area contributed by atoms with Gasteiger partial charge in [0.05, 0.1) is 18.5 Å². The Labute approximate surface area is 149 Å². The highest BCUT2D eigenvalue weighted by molar-refractivity contribution is 5.82. The molecule has 2 aromatic heterocycles. The lowest BCUT2D eigenvalue weighted by atomic mass is 10.1. The Morgan fingerprint density at radius 2 is 1.92 bits per heavy atom. The standard InChI is InChI=1S/C17H31N7O/c1-16(2,3)23(6)9-7-8-19-15-21-13(18)12-14(22-15)24(11-20-12)10-17(4,5)25/h11,25H,7-10H2,1-6H3,(H3,18,19,21,22). The molecule has 0 atom stereocenters. The molecule has 0 spiro atoms. The predicted octanol–water partition coefficient (Wildman–Crippen LogP) is 1.71. The summed E-state index contributed by atoms with van der Waals surface area (Å²) >= 11 is 0. The molecule has 0 bridgehead atoms. The Morgan fingerprint density at radius 3 is 2.52 bits per heavy atom. The fourth-order valence-electron chi connectivity index (χ4n) is 2.43. The number of anilines is 2. The molecule has 0 unspecified atom stereocenters. The monoisotopic (exact) mass is 349 g/mol. The summed E-state index contributed by atoms with van der Waals surface area (Å²) in [7, 11) is 2.12. The highest BCUT2D eigenvalue weighted by Crippen LogP contribution is 2.20. The maximum atomic E-state index is 10.0. The third-order valence-corrected chi connectivity index (χ3v) is 4.15. The molecule has 0 aliphatic rings. The second-order valence-electron chi connectivity index (χ2n) is 8.16. The lowest BCUT2D eigenvalue weighted by Gasteiger charge is -2.31. The average molecular weight is 349 g/mol. The maximum Gasteiger partial charge on any atom is 0.226 e. The molecule has 0 aliphatic carbocycles. The van der Waals surface area contributed by atoms with Crippen LogP contribution in [0.15, 0.2) is 6.33 Å². The molecule has 4 N–H and O–H groups in total. The van der Waals surface area contributed by atoms with E-state index in [9.17, 15) is 5.11 Å². The van der Waals surface area contributed by atoms with E-state index >= 15 is 0 Å². The Balaban J connectivity index is 2.05. The number of nitrogens with zero attached hydrogens (tertiary/aromatic N) is 5. The summed E-state index contributed by atoms with van der Waals surface area (Å²) in [6.07, 6.45) is 2.60. The minimum atomic E-state index is -0.863. The SMILES string of the molecule is CN(CCCNc1nc(N)c2ncn(CC(C)(C)O)c2n1)C(C)(C)C. The molecule has 0 aliphatic heterocycles. The van der Waals surface area contributed by atoms with Gasteiger partial charge in [-0.25, -0.2) is 4.98 Å². The zero-order valence-electron chi connectivity index (χ0n) is 16.2. The van der Waals surface area contributed by atoms with Crippen molar-refractivity contribution in [2.45, 2.75) is 58.7 Å². The molecule has 0 aromatic carbocycles. The minimum Gasteiger partial charge on any atom is -0.389 e. The summed E-state index contributed by atoms with van der Waals surface area (Å²) < 4.78 is 1.80. The quantitative estimate of drug-likeness (QED) is 0.654.